The number of hydrogen-bond donors (Lipinski definition) is 1. The Morgan fingerprint density at radius 1 is 1.14 bits per heavy atom. The third kappa shape index (κ3) is 3.42. The van der Waals surface area contributed by atoms with Gasteiger partial charge in [0.25, 0.3) is 0 Å². The molecule has 0 spiro atoms. The van der Waals surface area contributed by atoms with Crippen LogP contribution in [0.3, 0.4) is 0 Å². The lowest BCUT2D eigenvalue weighted by Gasteiger charge is -2.20. The van der Waals surface area contributed by atoms with Gasteiger partial charge in [-0.05, 0) is 55.5 Å². The summed E-state index contributed by atoms with van der Waals surface area (Å²) in [6, 6.07) is 17.2. The van der Waals surface area contributed by atoms with E-state index in [1.54, 1.807) is 11.8 Å². The molecule has 1 unspecified atom stereocenters. The van der Waals surface area contributed by atoms with E-state index in [0.717, 1.165) is 5.75 Å². The highest BCUT2D eigenvalue weighted by atomic mass is 32.2. The molecule has 0 aromatic heterocycles. The Bertz CT molecular complexity index is 610. The summed E-state index contributed by atoms with van der Waals surface area (Å²) < 4.78 is 5.92. The van der Waals surface area contributed by atoms with Gasteiger partial charge >= 0.3 is 0 Å². The molecule has 3 heteroatoms. The van der Waals surface area contributed by atoms with E-state index in [-0.39, 0.29) is 6.04 Å². The lowest BCUT2D eigenvalue weighted by atomic mass is 9.98. The van der Waals surface area contributed by atoms with Crippen molar-refractivity contribution in [1.82, 2.24) is 5.32 Å². The Kier molecular flexibility index (Phi) is 4.51. The topological polar surface area (TPSA) is 21.3 Å². The molecule has 21 heavy (non-hydrogen) atoms. The van der Waals surface area contributed by atoms with Gasteiger partial charge < -0.3 is 10.1 Å². The molecule has 0 amide bonds. The molecule has 1 fully saturated rings. The maximum atomic E-state index is 5.92. The van der Waals surface area contributed by atoms with Crippen LogP contribution in [0.1, 0.15) is 30.0 Å². The summed E-state index contributed by atoms with van der Waals surface area (Å²) in [5.41, 5.74) is 2.56. The fraction of sp³-hybridized carbons (Fsp3) is 0.333. The van der Waals surface area contributed by atoms with E-state index in [1.807, 2.05) is 7.05 Å². The minimum atomic E-state index is 0.191. The number of thioether (sulfide) groups is 1. The van der Waals surface area contributed by atoms with Crippen LogP contribution in [-0.2, 0) is 0 Å². The van der Waals surface area contributed by atoms with Crippen molar-refractivity contribution in [2.24, 2.45) is 0 Å². The van der Waals surface area contributed by atoms with Crippen LogP contribution in [0.4, 0.5) is 0 Å². The molecular formula is C18H21NOS. The number of hydrogen-bond acceptors (Lipinski definition) is 3. The van der Waals surface area contributed by atoms with Crippen LogP contribution in [0.25, 0.3) is 0 Å². The molecule has 1 aliphatic carbocycles. The van der Waals surface area contributed by atoms with Gasteiger partial charge in [-0.3, -0.25) is 0 Å². The first-order valence-electron chi connectivity index (χ1n) is 7.38. The zero-order chi connectivity index (χ0) is 14.7. The van der Waals surface area contributed by atoms with E-state index >= 15 is 0 Å². The van der Waals surface area contributed by atoms with Crippen LogP contribution in [0.5, 0.6) is 5.75 Å². The number of rotatable bonds is 6. The van der Waals surface area contributed by atoms with E-state index in [4.69, 9.17) is 4.74 Å². The molecule has 0 radical (unpaired) electrons. The monoisotopic (exact) mass is 299 g/mol. The van der Waals surface area contributed by atoms with Crippen LogP contribution >= 0.6 is 11.8 Å². The SMILES string of the molecule is CNC(c1cccc(OC2CC2)c1)c1ccccc1SC. The zero-order valence-corrected chi connectivity index (χ0v) is 13.3. The van der Waals surface area contributed by atoms with Crippen molar-refractivity contribution in [2.45, 2.75) is 29.9 Å². The predicted molar refractivity (Wildman–Crippen MR) is 89.2 cm³/mol. The fourth-order valence-electron chi connectivity index (χ4n) is 2.55. The molecule has 110 valence electrons. The molecule has 2 nitrogen and oxygen atoms in total. The average molecular weight is 299 g/mol. The molecule has 1 aliphatic rings. The molecular weight excluding hydrogens is 278 g/mol. The Morgan fingerprint density at radius 3 is 2.67 bits per heavy atom. The Hall–Kier alpha value is -1.45. The minimum absolute atomic E-state index is 0.191. The van der Waals surface area contributed by atoms with Crippen LogP contribution in [-0.4, -0.2) is 19.4 Å². The maximum Gasteiger partial charge on any atom is 0.120 e. The van der Waals surface area contributed by atoms with E-state index in [1.165, 1.54) is 28.9 Å². The highest BCUT2D eigenvalue weighted by molar-refractivity contribution is 7.98. The lowest BCUT2D eigenvalue weighted by Crippen LogP contribution is -2.18. The average Bonchev–Trinajstić information content (AvgIpc) is 3.33. The Morgan fingerprint density at radius 2 is 1.95 bits per heavy atom. The molecule has 1 atom stereocenters. The smallest absolute Gasteiger partial charge is 0.120 e. The van der Waals surface area contributed by atoms with Crippen molar-refractivity contribution in [1.29, 1.82) is 0 Å². The van der Waals surface area contributed by atoms with Gasteiger partial charge in [-0.2, -0.15) is 0 Å². The van der Waals surface area contributed by atoms with Crippen LogP contribution in [0, 0.1) is 0 Å². The zero-order valence-electron chi connectivity index (χ0n) is 12.5. The summed E-state index contributed by atoms with van der Waals surface area (Å²) in [7, 11) is 2.01. The van der Waals surface area contributed by atoms with Crippen molar-refractivity contribution in [3.05, 3.63) is 59.7 Å². The van der Waals surface area contributed by atoms with Gasteiger partial charge in [-0.1, -0.05) is 30.3 Å². The van der Waals surface area contributed by atoms with Gasteiger partial charge in [0.2, 0.25) is 0 Å². The van der Waals surface area contributed by atoms with Gasteiger partial charge in [-0.25, -0.2) is 0 Å². The van der Waals surface area contributed by atoms with Crippen molar-refractivity contribution in [3.63, 3.8) is 0 Å². The van der Waals surface area contributed by atoms with Crippen molar-refractivity contribution in [3.8, 4) is 5.75 Å². The first-order valence-corrected chi connectivity index (χ1v) is 8.61. The van der Waals surface area contributed by atoms with E-state index < -0.39 is 0 Å². The molecule has 1 saturated carbocycles. The maximum absolute atomic E-state index is 5.92. The van der Waals surface area contributed by atoms with Crippen LogP contribution in [0.2, 0.25) is 0 Å². The second kappa shape index (κ2) is 6.54. The normalized spacial score (nSPS) is 15.7. The largest absolute Gasteiger partial charge is 0.490 e. The standard InChI is InChI=1S/C18H21NOS/c1-19-18(16-8-3-4-9-17(16)21-2)13-6-5-7-15(12-13)20-14-10-11-14/h3-9,12,14,18-19H,10-11H2,1-2H3. The van der Waals surface area contributed by atoms with E-state index in [9.17, 15) is 0 Å². The molecule has 2 aromatic carbocycles. The summed E-state index contributed by atoms with van der Waals surface area (Å²) in [6.45, 7) is 0. The molecule has 0 aliphatic heterocycles. The predicted octanol–water partition coefficient (Wildman–Crippen LogP) is 4.26. The lowest BCUT2D eigenvalue weighted by molar-refractivity contribution is 0.302. The summed E-state index contributed by atoms with van der Waals surface area (Å²) in [5, 5.41) is 3.44. The molecule has 0 heterocycles. The molecule has 0 bridgehead atoms. The highest BCUT2D eigenvalue weighted by Gasteiger charge is 2.24. The highest BCUT2D eigenvalue weighted by Crippen LogP contribution is 2.33. The minimum Gasteiger partial charge on any atom is -0.490 e. The van der Waals surface area contributed by atoms with Crippen molar-refractivity contribution >= 4 is 11.8 Å². The molecule has 3 rings (SSSR count). The van der Waals surface area contributed by atoms with E-state index in [2.05, 4.69) is 60.1 Å². The van der Waals surface area contributed by atoms with Gasteiger partial charge in [0.1, 0.15) is 5.75 Å². The third-order valence-electron chi connectivity index (χ3n) is 3.76. The molecule has 2 aromatic rings. The first-order chi connectivity index (χ1) is 10.3. The van der Waals surface area contributed by atoms with Gasteiger partial charge in [0, 0.05) is 4.90 Å². The second-order valence-electron chi connectivity index (χ2n) is 5.35. The number of benzene rings is 2. The van der Waals surface area contributed by atoms with Crippen molar-refractivity contribution in [2.75, 3.05) is 13.3 Å². The Labute approximate surface area is 130 Å². The number of nitrogens with one attached hydrogen (secondary N) is 1. The van der Waals surface area contributed by atoms with Crippen LogP contribution in [0.15, 0.2) is 53.4 Å². The van der Waals surface area contributed by atoms with Gasteiger partial charge in [-0.15, -0.1) is 11.8 Å². The van der Waals surface area contributed by atoms with Crippen molar-refractivity contribution < 1.29 is 4.74 Å². The Balaban J connectivity index is 1.91. The van der Waals surface area contributed by atoms with Crippen LogP contribution < -0.4 is 10.1 Å². The fourth-order valence-corrected chi connectivity index (χ4v) is 3.19. The van der Waals surface area contributed by atoms with Gasteiger partial charge in [0.15, 0.2) is 0 Å². The molecule has 0 saturated heterocycles. The first kappa shape index (κ1) is 14.5. The summed E-state index contributed by atoms with van der Waals surface area (Å²) in [5.74, 6) is 0.983. The molecule has 1 N–H and O–H groups in total. The summed E-state index contributed by atoms with van der Waals surface area (Å²) >= 11 is 1.79. The summed E-state index contributed by atoms with van der Waals surface area (Å²) in [4.78, 5) is 1.31. The quantitative estimate of drug-likeness (QED) is 0.805. The third-order valence-corrected chi connectivity index (χ3v) is 4.57. The number of ether oxygens (including phenoxy) is 1. The summed E-state index contributed by atoms with van der Waals surface area (Å²) in [6.07, 6.45) is 4.94. The second-order valence-corrected chi connectivity index (χ2v) is 6.20. The van der Waals surface area contributed by atoms with E-state index in [0.29, 0.717) is 6.10 Å². The van der Waals surface area contributed by atoms with Gasteiger partial charge in [0.05, 0.1) is 12.1 Å².